The van der Waals surface area contributed by atoms with Gasteiger partial charge in [0.25, 0.3) is 5.91 Å². The van der Waals surface area contributed by atoms with Gasteiger partial charge in [0.1, 0.15) is 5.56 Å². The highest BCUT2D eigenvalue weighted by Gasteiger charge is 2.37. The number of para-hydroxylation sites is 1. The first-order chi connectivity index (χ1) is 16.4. The molecule has 2 aromatic carbocycles. The third-order valence-electron chi connectivity index (χ3n) is 6.02. The first kappa shape index (κ1) is 20.5. The Morgan fingerprint density at radius 1 is 1.03 bits per heavy atom. The van der Waals surface area contributed by atoms with Crippen LogP contribution in [0.1, 0.15) is 28.0 Å². The molecule has 0 atom stereocenters. The van der Waals surface area contributed by atoms with E-state index in [0.717, 1.165) is 36.4 Å². The molecule has 0 bridgehead atoms. The Kier molecular flexibility index (Phi) is 4.51. The summed E-state index contributed by atoms with van der Waals surface area (Å²) in [7, 11) is 0. The first-order valence-electron chi connectivity index (χ1n) is 10.7. The minimum Gasteiger partial charge on any atom is -0.454 e. The number of fused-ring (bicyclic) bond motifs is 3. The van der Waals surface area contributed by atoms with Crippen LogP contribution in [0.5, 0.6) is 11.5 Å². The van der Waals surface area contributed by atoms with Gasteiger partial charge in [-0.3, -0.25) is 4.79 Å². The number of aromatic nitrogens is 3. The predicted octanol–water partition coefficient (Wildman–Crippen LogP) is 4.74. The maximum Gasteiger partial charge on any atom is 0.433 e. The summed E-state index contributed by atoms with van der Waals surface area (Å²) in [6.45, 7) is 0.499. The fourth-order valence-corrected chi connectivity index (χ4v) is 4.41. The van der Waals surface area contributed by atoms with Crippen LogP contribution in [-0.2, 0) is 12.6 Å². The van der Waals surface area contributed by atoms with Gasteiger partial charge in [-0.05, 0) is 48.7 Å². The third kappa shape index (κ3) is 3.25. The summed E-state index contributed by atoms with van der Waals surface area (Å²) in [5.41, 5.74) is 1.04. The SMILES string of the molecule is O=C(c1cnn2c(C(F)(F)F)cc(-c3ccc4c(c3)OCO4)nc12)N1CCCc2ccccc21. The van der Waals surface area contributed by atoms with Gasteiger partial charge >= 0.3 is 6.18 Å². The quantitative estimate of drug-likeness (QED) is 0.427. The molecular weight excluding hydrogens is 449 g/mol. The average molecular weight is 466 g/mol. The minimum atomic E-state index is -4.71. The first-order valence-corrected chi connectivity index (χ1v) is 10.7. The summed E-state index contributed by atoms with van der Waals surface area (Å²) < 4.78 is 53.2. The molecule has 34 heavy (non-hydrogen) atoms. The van der Waals surface area contributed by atoms with Crippen molar-refractivity contribution in [3.8, 4) is 22.8 Å². The number of rotatable bonds is 2. The molecule has 4 aromatic rings. The number of carbonyl (C=O) groups excluding carboxylic acids is 1. The largest absolute Gasteiger partial charge is 0.454 e. The van der Waals surface area contributed by atoms with Crippen molar-refractivity contribution in [2.24, 2.45) is 0 Å². The second kappa shape index (κ2) is 7.47. The van der Waals surface area contributed by atoms with Gasteiger partial charge in [-0.1, -0.05) is 18.2 Å². The number of amides is 1. The summed E-state index contributed by atoms with van der Waals surface area (Å²) in [5, 5.41) is 3.89. The fourth-order valence-electron chi connectivity index (χ4n) is 4.41. The highest BCUT2D eigenvalue weighted by atomic mass is 19.4. The zero-order chi connectivity index (χ0) is 23.4. The maximum atomic E-state index is 14.0. The van der Waals surface area contributed by atoms with Crippen LogP contribution in [0.3, 0.4) is 0 Å². The normalized spacial score (nSPS) is 15.0. The molecule has 172 valence electrons. The van der Waals surface area contributed by atoms with Crippen molar-refractivity contribution in [3.05, 3.63) is 71.5 Å². The molecule has 2 aliphatic rings. The molecule has 6 rings (SSSR count). The molecule has 0 saturated carbocycles. The minimum absolute atomic E-state index is 0.00444. The molecule has 1 amide bonds. The van der Waals surface area contributed by atoms with Crippen molar-refractivity contribution in [1.29, 1.82) is 0 Å². The van der Waals surface area contributed by atoms with Crippen LogP contribution in [-0.4, -0.2) is 33.8 Å². The lowest BCUT2D eigenvalue weighted by Crippen LogP contribution is -2.35. The maximum absolute atomic E-state index is 14.0. The molecule has 2 aliphatic heterocycles. The van der Waals surface area contributed by atoms with Crippen molar-refractivity contribution in [1.82, 2.24) is 14.6 Å². The zero-order valence-electron chi connectivity index (χ0n) is 17.7. The van der Waals surface area contributed by atoms with E-state index in [-0.39, 0.29) is 23.7 Å². The van der Waals surface area contributed by atoms with Crippen LogP contribution in [0.4, 0.5) is 18.9 Å². The lowest BCUT2D eigenvalue weighted by Gasteiger charge is -2.29. The van der Waals surface area contributed by atoms with Crippen molar-refractivity contribution in [2.75, 3.05) is 18.2 Å². The Morgan fingerprint density at radius 3 is 2.71 bits per heavy atom. The molecule has 2 aromatic heterocycles. The van der Waals surface area contributed by atoms with E-state index in [4.69, 9.17) is 9.47 Å². The molecule has 0 N–H and O–H groups in total. The summed E-state index contributed by atoms with van der Waals surface area (Å²) >= 11 is 0. The van der Waals surface area contributed by atoms with Crippen molar-refractivity contribution in [2.45, 2.75) is 19.0 Å². The van der Waals surface area contributed by atoms with Crippen LogP contribution in [0.15, 0.2) is 54.7 Å². The monoisotopic (exact) mass is 466 g/mol. The van der Waals surface area contributed by atoms with Crippen LogP contribution < -0.4 is 14.4 Å². The molecule has 0 unspecified atom stereocenters. The number of halogens is 3. The second-order valence-electron chi connectivity index (χ2n) is 8.08. The third-order valence-corrected chi connectivity index (χ3v) is 6.02. The number of hydrogen-bond acceptors (Lipinski definition) is 5. The fraction of sp³-hybridized carbons (Fsp3) is 0.208. The van der Waals surface area contributed by atoms with Crippen molar-refractivity contribution >= 4 is 17.2 Å². The molecular formula is C24H17F3N4O3. The molecule has 0 aliphatic carbocycles. The highest BCUT2D eigenvalue weighted by molar-refractivity contribution is 6.10. The predicted molar refractivity (Wildman–Crippen MR) is 116 cm³/mol. The van der Waals surface area contributed by atoms with Crippen molar-refractivity contribution < 1.29 is 27.4 Å². The molecule has 7 nitrogen and oxygen atoms in total. The lowest BCUT2D eigenvalue weighted by atomic mass is 10.0. The lowest BCUT2D eigenvalue weighted by molar-refractivity contribution is -0.142. The van der Waals surface area contributed by atoms with Crippen molar-refractivity contribution in [3.63, 3.8) is 0 Å². The molecule has 0 spiro atoms. The van der Waals surface area contributed by atoms with Gasteiger partial charge in [0.05, 0.1) is 11.9 Å². The van der Waals surface area contributed by atoms with Crippen LogP contribution in [0.2, 0.25) is 0 Å². The number of hydrogen-bond donors (Lipinski definition) is 0. The van der Waals surface area contributed by atoms with E-state index >= 15 is 0 Å². The van der Waals surface area contributed by atoms with E-state index in [1.807, 2.05) is 24.3 Å². The Hall–Kier alpha value is -4.08. The van der Waals surface area contributed by atoms with E-state index in [0.29, 0.717) is 28.1 Å². The van der Waals surface area contributed by atoms with E-state index < -0.39 is 17.8 Å². The summed E-state index contributed by atoms with van der Waals surface area (Å²) in [6, 6.07) is 13.2. The Bertz CT molecular complexity index is 1450. The number of benzene rings is 2. The van der Waals surface area contributed by atoms with Crippen LogP contribution in [0, 0.1) is 0 Å². The Morgan fingerprint density at radius 2 is 1.85 bits per heavy atom. The Labute approximate surface area is 191 Å². The summed E-state index contributed by atoms with van der Waals surface area (Å²) in [6.07, 6.45) is -1.97. The number of ether oxygens (including phenoxy) is 2. The number of aryl methyl sites for hydroxylation is 1. The number of carbonyl (C=O) groups is 1. The van der Waals surface area contributed by atoms with Crippen LogP contribution >= 0.6 is 0 Å². The number of nitrogens with zero attached hydrogens (tertiary/aromatic N) is 4. The van der Waals surface area contributed by atoms with Gasteiger partial charge in [0.15, 0.2) is 22.8 Å². The van der Waals surface area contributed by atoms with E-state index in [1.165, 1.54) is 0 Å². The average Bonchev–Trinajstić information content (AvgIpc) is 3.48. The molecule has 0 fully saturated rings. The molecule has 0 radical (unpaired) electrons. The van der Waals surface area contributed by atoms with Gasteiger partial charge in [0, 0.05) is 17.8 Å². The van der Waals surface area contributed by atoms with E-state index in [1.54, 1.807) is 23.1 Å². The molecule has 10 heteroatoms. The molecule has 0 saturated heterocycles. The van der Waals surface area contributed by atoms with Crippen LogP contribution in [0.25, 0.3) is 16.9 Å². The standard InChI is InChI=1S/C24H17F3N4O3/c25-24(26,27)21-11-17(15-7-8-19-20(10-15)34-13-33-19)29-22-16(12-28-31(21)22)23(32)30-9-3-5-14-4-1-2-6-18(14)30/h1-2,4,6-8,10-12H,3,5,9,13H2. The van der Waals surface area contributed by atoms with E-state index in [9.17, 15) is 18.0 Å². The van der Waals surface area contributed by atoms with E-state index in [2.05, 4.69) is 10.1 Å². The summed E-state index contributed by atoms with van der Waals surface area (Å²) in [5.74, 6) is 0.484. The summed E-state index contributed by atoms with van der Waals surface area (Å²) in [4.78, 5) is 19.5. The topological polar surface area (TPSA) is 69.0 Å². The zero-order valence-corrected chi connectivity index (χ0v) is 17.7. The van der Waals surface area contributed by atoms with Gasteiger partial charge < -0.3 is 14.4 Å². The highest BCUT2D eigenvalue weighted by Crippen LogP contribution is 2.38. The van der Waals surface area contributed by atoms with Gasteiger partial charge in [-0.15, -0.1) is 0 Å². The molecule has 4 heterocycles. The van der Waals surface area contributed by atoms with Gasteiger partial charge in [-0.2, -0.15) is 18.3 Å². The number of anilines is 1. The second-order valence-corrected chi connectivity index (χ2v) is 8.08. The number of alkyl halides is 3. The Balaban J connectivity index is 1.51. The van der Waals surface area contributed by atoms with Gasteiger partial charge in [-0.25, -0.2) is 9.50 Å². The smallest absolute Gasteiger partial charge is 0.433 e. The van der Waals surface area contributed by atoms with Gasteiger partial charge in [0.2, 0.25) is 6.79 Å².